The molecule has 88 valence electrons. The lowest BCUT2D eigenvalue weighted by Crippen LogP contribution is -2.35. The van der Waals surface area contributed by atoms with Crippen LogP contribution in [0.2, 0.25) is 5.02 Å². The van der Waals surface area contributed by atoms with Crippen molar-refractivity contribution in [3.63, 3.8) is 0 Å². The number of hydrazine groups is 1. The second-order valence-electron chi connectivity index (χ2n) is 3.49. The van der Waals surface area contributed by atoms with Crippen molar-refractivity contribution in [3.05, 3.63) is 34.6 Å². The maximum Gasteiger partial charge on any atom is 0.238 e. The molecule has 1 amide bonds. The second-order valence-corrected chi connectivity index (χ2v) is 3.90. The van der Waals surface area contributed by atoms with Crippen molar-refractivity contribution >= 4 is 17.5 Å². The average molecular weight is 246 g/mol. The summed E-state index contributed by atoms with van der Waals surface area (Å²) in [5.41, 5.74) is 6.37. The summed E-state index contributed by atoms with van der Waals surface area (Å²) in [4.78, 5) is 11.3. The van der Waals surface area contributed by atoms with Crippen molar-refractivity contribution in [2.45, 2.75) is 12.5 Å². The molecule has 1 aromatic carbocycles. The van der Waals surface area contributed by atoms with E-state index in [1.807, 2.05) is 0 Å². The number of hydrogen-bond acceptors (Lipinski definition) is 3. The minimum atomic E-state index is -0.545. The number of rotatable bonds is 3. The molecular weight excluding hydrogens is 233 g/mol. The Morgan fingerprint density at radius 2 is 2.25 bits per heavy atom. The molecule has 1 atom stereocenters. The van der Waals surface area contributed by atoms with Gasteiger partial charge in [0.15, 0.2) is 0 Å². The van der Waals surface area contributed by atoms with Crippen LogP contribution in [0.4, 0.5) is 4.39 Å². The van der Waals surface area contributed by atoms with Crippen molar-refractivity contribution in [2.75, 3.05) is 7.05 Å². The molecule has 0 heterocycles. The van der Waals surface area contributed by atoms with Crippen LogP contribution in [-0.4, -0.2) is 18.0 Å². The van der Waals surface area contributed by atoms with Gasteiger partial charge in [-0.3, -0.25) is 9.80 Å². The summed E-state index contributed by atoms with van der Waals surface area (Å²) in [5.74, 6) is 4.45. The molecule has 0 spiro atoms. The zero-order valence-corrected chi connectivity index (χ0v) is 9.54. The predicted octanol–water partition coefficient (Wildman–Crippen LogP) is 1.20. The molecule has 1 unspecified atom stereocenters. The molecule has 0 aliphatic rings. The summed E-state index contributed by atoms with van der Waals surface area (Å²) >= 11 is 5.61. The predicted molar refractivity (Wildman–Crippen MR) is 59.9 cm³/mol. The number of hydrogen-bond donors (Lipinski definition) is 2. The van der Waals surface area contributed by atoms with E-state index in [2.05, 4.69) is 0 Å². The summed E-state index contributed by atoms with van der Waals surface area (Å²) in [5, 5.41) is 0.951. The molecule has 1 aromatic rings. The van der Waals surface area contributed by atoms with Crippen molar-refractivity contribution < 1.29 is 9.18 Å². The van der Waals surface area contributed by atoms with Gasteiger partial charge < -0.3 is 5.73 Å². The van der Waals surface area contributed by atoms with E-state index in [9.17, 15) is 9.18 Å². The van der Waals surface area contributed by atoms with E-state index in [1.54, 1.807) is 0 Å². The molecule has 16 heavy (non-hydrogen) atoms. The van der Waals surface area contributed by atoms with E-state index in [1.165, 1.54) is 25.2 Å². The summed E-state index contributed by atoms with van der Waals surface area (Å²) in [6, 6.07) is 3.58. The maximum absolute atomic E-state index is 12.9. The molecule has 1 rings (SSSR count). The highest BCUT2D eigenvalue weighted by atomic mass is 35.5. The van der Waals surface area contributed by atoms with Gasteiger partial charge in [-0.25, -0.2) is 10.2 Å². The maximum atomic E-state index is 12.9. The van der Waals surface area contributed by atoms with Gasteiger partial charge in [0, 0.05) is 19.5 Å². The molecule has 0 saturated carbocycles. The highest BCUT2D eigenvalue weighted by molar-refractivity contribution is 6.30. The van der Waals surface area contributed by atoms with E-state index in [4.69, 9.17) is 23.2 Å². The van der Waals surface area contributed by atoms with Gasteiger partial charge in [0.1, 0.15) is 5.82 Å². The minimum absolute atomic E-state index is 0.0125. The zero-order valence-electron chi connectivity index (χ0n) is 8.78. The molecule has 0 radical (unpaired) electrons. The highest BCUT2D eigenvalue weighted by Crippen LogP contribution is 2.21. The number of halogens is 2. The van der Waals surface area contributed by atoms with Gasteiger partial charge in [0.2, 0.25) is 5.91 Å². The Kier molecular flexibility index (Phi) is 4.23. The summed E-state index contributed by atoms with van der Waals surface area (Å²) in [7, 11) is 1.44. The lowest BCUT2D eigenvalue weighted by Gasteiger charge is -2.15. The first kappa shape index (κ1) is 12.9. The number of carbonyl (C=O) groups is 1. The van der Waals surface area contributed by atoms with Crippen LogP contribution in [0.15, 0.2) is 18.2 Å². The van der Waals surface area contributed by atoms with Crippen LogP contribution in [0, 0.1) is 5.82 Å². The Morgan fingerprint density at radius 1 is 1.62 bits per heavy atom. The fourth-order valence-electron chi connectivity index (χ4n) is 1.19. The molecule has 6 heteroatoms. The lowest BCUT2D eigenvalue weighted by atomic mass is 10.0. The van der Waals surface area contributed by atoms with Crippen molar-refractivity contribution in [3.8, 4) is 0 Å². The van der Waals surface area contributed by atoms with Gasteiger partial charge in [-0.1, -0.05) is 17.7 Å². The molecule has 0 aliphatic carbocycles. The summed E-state index contributed by atoms with van der Waals surface area (Å²) < 4.78 is 12.9. The smallest absolute Gasteiger partial charge is 0.238 e. The topological polar surface area (TPSA) is 72.3 Å². The third kappa shape index (κ3) is 3.16. The van der Waals surface area contributed by atoms with Crippen molar-refractivity contribution in [1.82, 2.24) is 5.01 Å². The molecular formula is C10H13ClFN3O. The molecule has 0 aliphatic heterocycles. The Balaban J connectivity index is 2.77. The molecule has 0 bridgehead atoms. The van der Waals surface area contributed by atoms with Crippen LogP contribution in [-0.2, 0) is 4.79 Å². The van der Waals surface area contributed by atoms with Crippen molar-refractivity contribution in [1.29, 1.82) is 0 Å². The number of amides is 1. The van der Waals surface area contributed by atoms with Gasteiger partial charge in [-0.05, 0) is 17.7 Å². The van der Waals surface area contributed by atoms with Crippen LogP contribution in [0.25, 0.3) is 0 Å². The quantitative estimate of drug-likeness (QED) is 0.478. The van der Waals surface area contributed by atoms with E-state index >= 15 is 0 Å². The first-order chi connectivity index (χ1) is 7.41. The van der Waals surface area contributed by atoms with Crippen molar-refractivity contribution in [2.24, 2.45) is 11.6 Å². The fraction of sp³-hybridized carbons (Fsp3) is 0.300. The highest BCUT2D eigenvalue weighted by Gasteiger charge is 2.14. The first-order valence-corrected chi connectivity index (χ1v) is 5.01. The second kappa shape index (κ2) is 5.25. The monoisotopic (exact) mass is 245 g/mol. The zero-order chi connectivity index (χ0) is 12.3. The van der Waals surface area contributed by atoms with Crippen LogP contribution < -0.4 is 11.6 Å². The first-order valence-electron chi connectivity index (χ1n) is 4.63. The standard InChI is InChI=1S/C10H13ClFN3O/c1-15(14)10(16)5-9(13)6-2-3-8(12)7(11)4-6/h2-4,9H,5,13-14H2,1H3. The van der Waals surface area contributed by atoms with E-state index in [-0.39, 0.29) is 17.4 Å². The minimum Gasteiger partial charge on any atom is -0.324 e. The van der Waals surface area contributed by atoms with Crippen LogP contribution in [0.5, 0.6) is 0 Å². The number of nitrogens with zero attached hydrogens (tertiary/aromatic N) is 1. The molecule has 0 aromatic heterocycles. The number of nitrogens with two attached hydrogens (primary N) is 2. The Labute approximate surface area is 97.9 Å². The molecule has 4 nitrogen and oxygen atoms in total. The Morgan fingerprint density at radius 3 is 2.75 bits per heavy atom. The molecule has 0 saturated heterocycles. The third-order valence-electron chi connectivity index (χ3n) is 2.16. The SMILES string of the molecule is CN(N)C(=O)CC(N)c1ccc(F)c(Cl)c1. The van der Waals surface area contributed by atoms with Crippen LogP contribution in [0.1, 0.15) is 18.0 Å². The van der Waals surface area contributed by atoms with Gasteiger partial charge in [0.05, 0.1) is 5.02 Å². The largest absolute Gasteiger partial charge is 0.324 e. The Bertz CT molecular complexity index is 398. The van der Waals surface area contributed by atoms with E-state index < -0.39 is 11.9 Å². The fourth-order valence-corrected chi connectivity index (χ4v) is 1.38. The molecule has 4 N–H and O–H groups in total. The van der Waals surface area contributed by atoms with Crippen LogP contribution >= 0.6 is 11.6 Å². The average Bonchev–Trinajstić information content (AvgIpc) is 2.21. The van der Waals surface area contributed by atoms with Gasteiger partial charge in [-0.15, -0.1) is 0 Å². The van der Waals surface area contributed by atoms with E-state index in [0.29, 0.717) is 5.56 Å². The molecule has 0 fully saturated rings. The van der Waals surface area contributed by atoms with Gasteiger partial charge in [-0.2, -0.15) is 0 Å². The summed E-state index contributed by atoms with van der Waals surface area (Å²) in [6.45, 7) is 0. The van der Waals surface area contributed by atoms with Gasteiger partial charge >= 0.3 is 0 Å². The third-order valence-corrected chi connectivity index (χ3v) is 2.45. The number of benzene rings is 1. The van der Waals surface area contributed by atoms with Gasteiger partial charge in [0.25, 0.3) is 0 Å². The lowest BCUT2D eigenvalue weighted by molar-refractivity contribution is -0.130. The van der Waals surface area contributed by atoms with E-state index in [0.717, 1.165) is 5.01 Å². The number of carbonyl (C=O) groups excluding carboxylic acids is 1. The normalized spacial score (nSPS) is 12.3. The summed E-state index contributed by atoms with van der Waals surface area (Å²) in [6.07, 6.45) is 0.0506. The Hall–Kier alpha value is -1.17. The van der Waals surface area contributed by atoms with Crippen LogP contribution in [0.3, 0.4) is 0 Å².